The summed E-state index contributed by atoms with van der Waals surface area (Å²) >= 11 is 1.48. The molecule has 0 radical (unpaired) electrons. The molecule has 0 saturated carbocycles. The number of carboxylic acid groups (broad SMARTS) is 1. The van der Waals surface area contributed by atoms with Gasteiger partial charge in [0.15, 0.2) is 0 Å². The van der Waals surface area contributed by atoms with Crippen LogP contribution in [0.2, 0.25) is 0 Å². The van der Waals surface area contributed by atoms with Crippen LogP contribution >= 0.6 is 11.8 Å². The molecule has 0 aliphatic rings. The number of thioether (sulfide) groups is 1. The first-order chi connectivity index (χ1) is 10.1. The van der Waals surface area contributed by atoms with Crippen molar-refractivity contribution < 1.29 is 9.90 Å². The van der Waals surface area contributed by atoms with Gasteiger partial charge in [0.25, 0.3) is 0 Å². The molecule has 7 heteroatoms. The van der Waals surface area contributed by atoms with Gasteiger partial charge in [-0.1, -0.05) is 6.92 Å². The molecule has 0 aromatic carbocycles. The van der Waals surface area contributed by atoms with Gasteiger partial charge in [0.1, 0.15) is 16.4 Å². The van der Waals surface area contributed by atoms with Crippen molar-refractivity contribution >= 4 is 17.7 Å². The van der Waals surface area contributed by atoms with E-state index in [1.54, 1.807) is 19.4 Å². The number of aryl methyl sites for hydroxylation is 3. The van der Waals surface area contributed by atoms with Crippen LogP contribution < -0.4 is 0 Å². The standard InChI is InChI=1S/C14H18N4O2S/c1-3-11-16-10(2)12(14(19)20)13(17-11)21-8-4-6-18-7-5-15-9-18/h5,7,9H,3-4,6,8H2,1-2H3,(H,19,20). The molecule has 0 spiro atoms. The second-order valence-corrected chi connectivity index (χ2v) is 5.65. The molecule has 0 fully saturated rings. The Bertz CT molecular complexity index is 614. The maximum absolute atomic E-state index is 11.4. The fraction of sp³-hybridized carbons (Fsp3) is 0.429. The number of carbonyl (C=O) groups is 1. The average molecular weight is 306 g/mol. The molecule has 6 nitrogen and oxygen atoms in total. The Morgan fingerprint density at radius 3 is 2.86 bits per heavy atom. The number of carboxylic acids is 1. The summed E-state index contributed by atoms with van der Waals surface area (Å²) in [5.41, 5.74) is 0.756. The predicted molar refractivity (Wildman–Crippen MR) is 80.7 cm³/mol. The van der Waals surface area contributed by atoms with Gasteiger partial charge < -0.3 is 9.67 Å². The number of aromatic carboxylic acids is 1. The molecule has 2 aromatic rings. The molecule has 0 aliphatic carbocycles. The van der Waals surface area contributed by atoms with Crippen LogP contribution in [0, 0.1) is 6.92 Å². The van der Waals surface area contributed by atoms with Crippen molar-refractivity contribution in [2.24, 2.45) is 0 Å². The molecule has 2 heterocycles. The Hall–Kier alpha value is -1.89. The maximum atomic E-state index is 11.4. The van der Waals surface area contributed by atoms with Gasteiger partial charge in [-0.05, 0) is 13.3 Å². The van der Waals surface area contributed by atoms with Crippen molar-refractivity contribution in [1.29, 1.82) is 0 Å². The molecule has 0 bridgehead atoms. The van der Waals surface area contributed by atoms with Gasteiger partial charge in [-0.25, -0.2) is 19.7 Å². The number of aromatic nitrogens is 4. The first-order valence-electron chi connectivity index (χ1n) is 6.81. The zero-order valence-electron chi connectivity index (χ0n) is 12.1. The van der Waals surface area contributed by atoms with E-state index in [1.807, 2.05) is 17.7 Å². The molecule has 0 atom stereocenters. The van der Waals surface area contributed by atoms with E-state index in [2.05, 4.69) is 15.0 Å². The second-order valence-electron chi connectivity index (χ2n) is 4.57. The van der Waals surface area contributed by atoms with E-state index in [4.69, 9.17) is 0 Å². The van der Waals surface area contributed by atoms with Gasteiger partial charge in [-0.3, -0.25) is 0 Å². The summed E-state index contributed by atoms with van der Waals surface area (Å²) in [6, 6.07) is 0. The van der Waals surface area contributed by atoms with Crippen LogP contribution in [0.25, 0.3) is 0 Å². The minimum absolute atomic E-state index is 0.222. The zero-order valence-corrected chi connectivity index (χ0v) is 12.9. The number of rotatable bonds is 7. The van der Waals surface area contributed by atoms with Gasteiger partial charge >= 0.3 is 5.97 Å². The summed E-state index contributed by atoms with van der Waals surface area (Å²) < 4.78 is 2.00. The molecule has 21 heavy (non-hydrogen) atoms. The van der Waals surface area contributed by atoms with Crippen molar-refractivity contribution in [2.75, 3.05) is 5.75 Å². The lowest BCUT2D eigenvalue weighted by Crippen LogP contribution is -2.09. The third kappa shape index (κ3) is 4.04. The van der Waals surface area contributed by atoms with E-state index in [-0.39, 0.29) is 5.56 Å². The Labute approximate surface area is 127 Å². The summed E-state index contributed by atoms with van der Waals surface area (Å²) in [5.74, 6) is 0.528. The van der Waals surface area contributed by atoms with E-state index < -0.39 is 5.97 Å². The van der Waals surface area contributed by atoms with Crippen molar-refractivity contribution in [3.05, 3.63) is 35.8 Å². The van der Waals surface area contributed by atoms with E-state index in [1.165, 1.54) is 11.8 Å². The zero-order chi connectivity index (χ0) is 15.2. The summed E-state index contributed by atoms with van der Waals surface area (Å²) in [6.07, 6.45) is 7.06. The lowest BCUT2D eigenvalue weighted by atomic mass is 10.2. The van der Waals surface area contributed by atoms with Crippen LogP contribution in [0.15, 0.2) is 23.7 Å². The highest BCUT2D eigenvalue weighted by molar-refractivity contribution is 7.99. The quantitative estimate of drug-likeness (QED) is 0.481. The molecular weight excluding hydrogens is 288 g/mol. The summed E-state index contributed by atoms with van der Waals surface area (Å²) in [4.78, 5) is 23.9. The summed E-state index contributed by atoms with van der Waals surface area (Å²) in [5, 5.41) is 9.88. The third-order valence-corrected chi connectivity index (χ3v) is 4.05. The van der Waals surface area contributed by atoms with E-state index in [0.29, 0.717) is 23.0 Å². The molecule has 1 N–H and O–H groups in total. The van der Waals surface area contributed by atoms with Crippen molar-refractivity contribution in [2.45, 2.75) is 38.3 Å². The van der Waals surface area contributed by atoms with Gasteiger partial charge in [-0.2, -0.15) is 0 Å². The molecule has 2 rings (SSSR count). The highest BCUT2D eigenvalue weighted by Gasteiger charge is 2.17. The van der Waals surface area contributed by atoms with Crippen molar-refractivity contribution in [3.8, 4) is 0 Å². The number of hydrogen-bond acceptors (Lipinski definition) is 5. The molecular formula is C14H18N4O2S. The molecule has 0 aliphatic heterocycles. The van der Waals surface area contributed by atoms with Gasteiger partial charge in [0.2, 0.25) is 0 Å². The molecule has 0 amide bonds. The monoisotopic (exact) mass is 306 g/mol. The van der Waals surface area contributed by atoms with Crippen LogP contribution in [0.1, 0.15) is 35.2 Å². The smallest absolute Gasteiger partial charge is 0.340 e. The fourth-order valence-corrected chi connectivity index (χ4v) is 2.96. The third-order valence-electron chi connectivity index (χ3n) is 2.99. The highest BCUT2D eigenvalue weighted by atomic mass is 32.2. The van der Waals surface area contributed by atoms with Crippen LogP contribution in [-0.2, 0) is 13.0 Å². The van der Waals surface area contributed by atoms with E-state index in [9.17, 15) is 9.90 Å². The minimum atomic E-state index is -0.965. The predicted octanol–water partition coefficient (Wildman–Crippen LogP) is 2.42. The normalized spacial score (nSPS) is 10.8. The number of imidazole rings is 1. The average Bonchev–Trinajstić information content (AvgIpc) is 2.95. The fourth-order valence-electron chi connectivity index (χ4n) is 1.95. The maximum Gasteiger partial charge on any atom is 0.340 e. The largest absolute Gasteiger partial charge is 0.478 e. The first kappa shape index (κ1) is 15.5. The van der Waals surface area contributed by atoms with Crippen molar-refractivity contribution in [3.63, 3.8) is 0 Å². The van der Waals surface area contributed by atoms with Crippen molar-refractivity contribution in [1.82, 2.24) is 19.5 Å². The molecule has 0 saturated heterocycles. The minimum Gasteiger partial charge on any atom is -0.478 e. The van der Waals surface area contributed by atoms with E-state index in [0.717, 1.165) is 18.7 Å². The Balaban J connectivity index is 2.03. The Morgan fingerprint density at radius 2 is 2.24 bits per heavy atom. The second kappa shape index (κ2) is 7.21. The first-order valence-corrected chi connectivity index (χ1v) is 7.79. The summed E-state index contributed by atoms with van der Waals surface area (Å²) in [7, 11) is 0. The lowest BCUT2D eigenvalue weighted by molar-refractivity contribution is 0.0690. The van der Waals surface area contributed by atoms with Crippen LogP contribution in [0.5, 0.6) is 0 Å². The SMILES string of the molecule is CCc1nc(C)c(C(=O)O)c(SCCCn2ccnc2)n1. The van der Waals surface area contributed by atoms with Gasteiger partial charge in [0.05, 0.1) is 12.0 Å². The van der Waals surface area contributed by atoms with Gasteiger partial charge in [-0.15, -0.1) is 11.8 Å². The Kier molecular flexibility index (Phi) is 5.32. The lowest BCUT2D eigenvalue weighted by Gasteiger charge is -2.09. The van der Waals surface area contributed by atoms with Gasteiger partial charge in [0, 0.05) is 31.1 Å². The number of hydrogen-bond donors (Lipinski definition) is 1. The molecule has 2 aromatic heterocycles. The topological polar surface area (TPSA) is 80.9 Å². The highest BCUT2D eigenvalue weighted by Crippen LogP contribution is 2.23. The van der Waals surface area contributed by atoms with Crippen LogP contribution in [0.4, 0.5) is 0 Å². The summed E-state index contributed by atoms with van der Waals surface area (Å²) in [6.45, 7) is 4.54. The van der Waals surface area contributed by atoms with Crippen LogP contribution in [0.3, 0.4) is 0 Å². The Morgan fingerprint density at radius 1 is 1.43 bits per heavy atom. The molecule has 112 valence electrons. The van der Waals surface area contributed by atoms with Crippen LogP contribution in [-0.4, -0.2) is 36.3 Å². The van der Waals surface area contributed by atoms with E-state index >= 15 is 0 Å². The molecule has 0 unspecified atom stereocenters. The number of nitrogens with zero attached hydrogens (tertiary/aromatic N) is 4.